The Labute approximate surface area is 185 Å². The molecule has 2 aromatic heterocycles. The van der Waals surface area contributed by atoms with Gasteiger partial charge >= 0.3 is 5.69 Å². The van der Waals surface area contributed by atoms with Crippen LogP contribution >= 0.6 is 11.6 Å². The fourth-order valence-corrected chi connectivity index (χ4v) is 4.20. The molecule has 4 aromatic rings. The molecule has 2 aromatic carbocycles. The van der Waals surface area contributed by atoms with Crippen LogP contribution in [0.15, 0.2) is 53.3 Å². The van der Waals surface area contributed by atoms with Crippen LogP contribution in [0.3, 0.4) is 0 Å². The number of hydrogen-bond acceptors (Lipinski definition) is 4. The van der Waals surface area contributed by atoms with Gasteiger partial charge < -0.3 is 0 Å². The van der Waals surface area contributed by atoms with Gasteiger partial charge in [-0.2, -0.15) is 5.21 Å². The number of aromatic nitrogens is 6. The summed E-state index contributed by atoms with van der Waals surface area (Å²) >= 11 is 6.55. The highest BCUT2D eigenvalue weighted by molar-refractivity contribution is 6.30. The van der Waals surface area contributed by atoms with Crippen LogP contribution < -0.4 is 5.69 Å². The van der Waals surface area contributed by atoms with E-state index in [1.807, 2.05) is 35.8 Å². The van der Waals surface area contributed by atoms with Gasteiger partial charge in [0, 0.05) is 12.1 Å². The van der Waals surface area contributed by atoms with Crippen molar-refractivity contribution < 1.29 is 0 Å². The lowest BCUT2D eigenvalue weighted by Crippen LogP contribution is -2.25. The van der Waals surface area contributed by atoms with E-state index in [0.29, 0.717) is 24.1 Å². The molecule has 0 atom stereocenters. The molecule has 0 radical (unpaired) electrons. The van der Waals surface area contributed by atoms with Gasteiger partial charge in [0.2, 0.25) is 5.82 Å². The van der Waals surface area contributed by atoms with E-state index in [4.69, 9.17) is 11.6 Å². The van der Waals surface area contributed by atoms with Crippen LogP contribution in [0.1, 0.15) is 37.9 Å². The molecule has 2 heterocycles. The zero-order valence-electron chi connectivity index (χ0n) is 17.7. The minimum Gasteiger partial charge on any atom is -0.290 e. The highest BCUT2D eigenvalue weighted by Gasteiger charge is 2.18. The number of benzene rings is 2. The molecule has 0 amide bonds. The van der Waals surface area contributed by atoms with Gasteiger partial charge in [-0.1, -0.05) is 80.4 Å². The highest BCUT2D eigenvalue weighted by Crippen LogP contribution is 2.30. The van der Waals surface area contributed by atoms with Crippen LogP contribution in [0.4, 0.5) is 0 Å². The Balaban J connectivity index is 1.66. The summed E-state index contributed by atoms with van der Waals surface area (Å²) in [6.07, 6.45) is 2.58. The van der Waals surface area contributed by atoms with Crippen LogP contribution in [0, 0.1) is 0 Å². The lowest BCUT2D eigenvalue weighted by molar-refractivity contribution is 0.619. The second-order valence-electron chi connectivity index (χ2n) is 7.49. The Bertz CT molecular complexity index is 1210. The van der Waals surface area contributed by atoms with Crippen molar-refractivity contribution in [2.24, 2.45) is 0 Å². The zero-order chi connectivity index (χ0) is 21.8. The molecule has 1 N–H and O–H groups in total. The molecule has 0 unspecified atom stereocenters. The minimum atomic E-state index is -0.0400. The largest absolute Gasteiger partial charge is 0.329 e. The Morgan fingerprint density at radius 1 is 0.968 bits per heavy atom. The van der Waals surface area contributed by atoms with Gasteiger partial charge in [0.05, 0.1) is 12.2 Å². The number of imidazole rings is 1. The molecule has 0 aliphatic rings. The molecule has 0 aliphatic carbocycles. The summed E-state index contributed by atoms with van der Waals surface area (Å²) in [5.41, 5.74) is 4.90. The number of hydrogen-bond donors (Lipinski definition) is 1. The SMILES string of the molecule is CCCc1c(Cl)n(CCC)c(=O)n1Cc1ccc(-c2ccccc2-c2nn[nH]n2)cc1. The second kappa shape index (κ2) is 9.31. The summed E-state index contributed by atoms with van der Waals surface area (Å²) in [7, 11) is 0. The van der Waals surface area contributed by atoms with E-state index < -0.39 is 0 Å². The van der Waals surface area contributed by atoms with Gasteiger partial charge in [-0.25, -0.2) is 4.79 Å². The topological polar surface area (TPSA) is 81.4 Å². The molecule has 0 bridgehead atoms. The van der Waals surface area contributed by atoms with Crippen molar-refractivity contribution in [1.82, 2.24) is 29.8 Å². The lowest BCUT2D eigenvalue weighted by atomic mass is 9.98. The number of nitrogens with zero attached hydrogens (tertiary/aromatic N) is 5. The number of rotatable bonds is 8. The minimum absolute atomic E-state index is 0.0400. The Kier molecular flexibility index (Phi) is 6.32. The monoisotopic (exact) mass is 436 g/mol. The lowest BCUT2D eigenvalue weighted by Gasteiger charge is -2.10. The molecule has 31 heavy (non-hydrogen) atoms. The molecule has 0 spiro atoms. The quantitative estimate of drug-likeness (QED) is 0.439. The predicted octanol–water partition coefficient (Wildman–Crippen LogP) is 4.56. The second-order valence-corrected chi connectivity index (χ2v) is 7.84. The number of H-pyrrole nitrogens is 1. The van der Waals surface area contributed by atoms with Crippen molar-refractivity contribution in [2.75, 3.05) is 0 Å². The van der Waals surface area contributed by atoms with Crippen LogP contribution in [-0.4, -0.2) is 29.8 Å². The highest BCUT2D eigenvalue weighted by atomic mass is 35.5. The third kappa shape index (κ3) is 4.18. The first-order chi connectivity index (χ1) is 15.1. The molecular weight excluding hydrogens is 412 g/mol. The summed E-state index contributed by atoms with van der Waals surface area (Å²) in [5, 5.41) is 15.0. The molecule has 4 rings (SSSR count). The van der Waals surface area contributed by atoms with Gasteiger partial charge in [-0.3, -0.25) is 9.13 Å². The van der Waals surface area contributed by atoms with E-state index in [0.717, 1.165) is 47.2 Å². The molecule has 0 aliphatic heterocycles. The molecule has 0 saturated heterocycles. The number of nitrogens with one attached hydrogen (secondary N) is 1. The maximum Gasteiger partial charge on any atom is 0.329 e. The summed E-state index contributed by atoms with van der Waals surface area (Å²) < 4.78 is 3.49. The smallest absolute Gasteiger partial charge is 0.290 e. The van der Waals surface area contributed by atoms with Crippen molar-refractivity contribution in [2.45, 2.75) is 46.2 Å². The maximum atomic E-state index is 13.0. The van der Waals surface area contributed by atoms with Crippen LogP contribution in [-0.2, 0) is 19.5 Å². The summed E-state index contributed by atoms with van der Waals surface area (Å²) in [4.78, 5) is 13.0. The van der Waals surface area contributed by atoms with Gasteiger partial charge in [-0.05, 0) is 34.7 Å². The van der Waals surface area contributed by atoms with E-state index in [1.165, 1.54) is 0 Å². The van der Waals surface area contributed by atoms with Gasteiger partial charge in [0.15, 0.2) is 0 Å². The molecule has 0 fully saturated rings. The van der Waals surface area contributed by atoms with E-state index >= 15 is 0 Å². The Hall–Kier alpha value is -3.19. The van der Waals surface area contributed by atoms with E-state index in [-0.39, 0.29) is 5.69 Å². The Morgan fingerprint density at radius 3 is 2.35 bits per heavy atom. The van der Waals surface area contributed by atoms with Crippen molar-refractivity contribution >= 4 is 11.6 Å². The maximum absolute atomic E-state index is 13.0. The average Bonchev–Trinajstić information content (AvgIpc) is 3.40. The van der Waals surface area contributed by atoms with E-state index in [2.05, 4.69) is 51.8 Å². The Morgan fingerprint density at radius 2 is 1.71 bits per heavy atom. The van der Waals surface area contributed by atoms with Gasteiger partial charge in [0.1, 0.15) is 5.15 Å². The van der Waals surface area contributed by atoms with Crippen LogP contribution in [0.25, 0.3) is 22.5 Å². The predicted molar refractivity (Wildman–Crippen MR) is 122 cm³/mol. The first-order valence-electron chi connectivity index (χ1n) is 10.5. The van der Waals surface area contributed by atoms with Crippen LogP contribution in [0.5, 0.6) is 0 Å². The van der Waals surface area contributed by atoms with Crippen molar-refractivity contribution in [1.29, 1.82) is 0 Å². The van der Waals surface area contributed by atoms with Crippen LogP contribution in [0.2, 0.25) is 5.15 Å². The van der Waals surface area contributed by atoms with Gasteiger partial charge in [-0.15, -0.1) is 10.2 Å². The first kappa shape index (κ1) is 21.1. The third-order valence-corrected chi connectivity index (χ3v) is 5.74. The first-order valence-corrected chi connectivity index (χ1v) is 10.9. The molecule has 0 saturated carbocycles. The standard InChI is InChI=1S/C23H25ClN6O/c1-3-7-20-21(24)29(14-4-2)23(31)30(20)15-16-10-12-17(13-11-16)18-8-5-6-9-19(18)22-25-27-28-26-22/h5-6,8-13H,3-4,7,14-15H2,1-2H3,(H,25,26,27,28). The summed E-state index contributed by atoms with van der Waals surface area (Å²) in [6, 6.07) is 16.2. The average molecular weight is 437 g/mol. The summed E-state index contributed by atoms with van der Waals surface area (Å²) in [6.45, 7) is 5.27. The number of tetrazole rings is 1. The molecule has 8 heteroatoms. The number of halogens is 1. The fraction of sp³-hybridized carbons (Fsp3) is 0.304. The third-order valence-electron chi connectivity index (χ3n) is 5.32. The zero-order valence-corrected chi connectivity index (χ0v) is 18.4. The van der Waals surface area contributed by atoms with E-state index in [1.54, 1.807) is 4.57 Å². The molecule has 160 valence electrons. The van der Waals surface area contributed by atoms with Crippen molar-refractivity contribution in [3.8, 4) is 22.5 Å². The van der Waals surface area contributed by atoms with Crippen molar-refractivity contribution in [3.05, 3.63) is 75.4 Å². The van der Waals surface area contributed by atoms with E-state index in [9.17, 15) is 4.79 Å². The number of aromatic amines is 1. The molecular formula is C23H25ClN6O. The van der Waals surface area contributed by atoms with Gasteiger partial charge in [0.25, 0.3) is 0 Å². The summed E-state index contributed by atoms with van der Waals surface area (Å²) in [5.74, 6) is 0.558. The van der Waals surface area contributed by atoms with Crippen molar-refractivity contribution in [3.63, 3.8) is 0 Å². The normalized spacial score (nSPS) is 11.2. The molecule has 7 nitrogen and oxygen atoms in total. The fourth-order valence-electron chi connectivity index (χ4n) is 3.85.